The van der Waals surface area contributed by atoms with Gasteiger partial charge in [0.25, 0.3) is 5.91 Å². The maximum atomic E-state index is 12.9. The number of nitrogens with two attached hydrogens (primary N) is 1. The molecular weight excluding hydrogens is 380 g/mol. The van der Waals surface area contributed by atoms with Crippen LogP contribution >= 0.6 is 0 Å². The topological polar surface area (TPSA) is 118 Å². The molecule has 5 rings (SSSR count). The molecule has 0 saturated carbocycles. The predicted octanol–water partition coefficient (Wildman–Crippen LogP) is 1.95. The number of benzene rings is 1. The molecule has 4 N–H and O–H groups in total. The maximum absolute atomic E-state index is 12.9. The van der Waals surface area contributed by atoms with E-state index in [0.29, 0.717) is 12.1 Å². The monoisotopic (exact) mass is 402 g/mol. The summed E-state index contributed by atoms with van der Waals surface area (Å²) in [5.41, 5.74) is 10.00. The fourth-order valence-corrected chi connectivity index (χ4v) is 3.81. The molecule has 1 aliphatic heterocycles. The number of carbonyl (C=O) groups is 1. The lowest BCUT2D eigenvalue weighted by Crippen LogP contribution is -2.37. The first-order valence-electron chi connectivity index (χ1n) is 9.82. The zero-order chi connectivity index (χ0) is 20.7. The summed E-state index contributed by atoms with van der Waals surface area (Å²) in [6.45, 7) is 1.50. The van der Waals surface area contributed by atoms with E-state index in [-0.39, 0.29) is 17.8 Å². The molecule has 1 aliphatic rings. The van der Waals surface area contributed by atoms with Crippen molar-refractivity contribution in [2.45, 2.75) is 12.5 Å². The molecule has 9 nitrogen and oxygen atoms in total. The maximum Gasteiger partial charge on any atom is 0.255 e. The van der Waals surface area contributed by atoms with Gasteiger partial charge in [0, 0.05) is 49.7 Å². The third-order valence-corrected chi connectivity index (χ3v) is 5.40. The molecule has 1 fully saturated rings. The van der Waals surface area contributed by atoms with Crippen molar-refractivity contribution in [3.8, 4) is 11.1 Å². The van der Waals surface area contributed by atoms with Crippen molar-refractivity contribution >= 4 is 28.7 Å². The zero-order valence-corrected chi connectivity index (χ0v) is 16.5. The fourth-order valence-electron chi connectivity index (χ4n) is 3.81. The Morgan fingerprint density at radius 3 is 2.93 bits per heavy atom. The highest BCUT2D eigenvalue weighted by atomic mass is 16.1. The molecule has 4 heterocycles. The second kappa shape index (κ2) is 7.18. The summed E-state index contributed by atoms with van der Waals surface area (Å²) >= 11 is 0. The molecule has 4 aromatic rings. The van der Waals surface area contributed by atoms with Crippen molar-refractivity contribution < 1.29 is 4.79 Å². The molecule has 0 aliphatic carbocycles. The number of amides is 1. The van der Waals surface area contributed by atoms with Crippen LogP contribution in [-0.2, 0) is 7.05 Å². The van der Waals surface area contributed by atoms with Gasteiger partial charge in [-0.1, -0.05) is 12.1 Å². The van der Waals surface area contributed by atoms with Gasteiger partial charge in [-0.05, 0) is 24.6 Å². The van der Waals surface area contributed by atoms with Crippen LogP contribution in [0.15, 0.2) is 48.9 Å². The summed E-state index contributed by atoms with van der Waals surface area (Å²) in [4.78, 5) is 27.2. The number of H-pyrrole nitrogens is 1. The highest BCUT2D eigenvalue weighted by Crippen LogP contribution is 2.23. The molecule has 9 heteroatoms. The number of anilines is 2. The summed E-state index contributed by atoms with van der Waals surface area (Å²) in [6, 6.07) is 9.71. The highest BCUT2D eigenvalue weighted by Gasteiger charge is 2.27. The number of hydrogen-bond acceptors (Lipinski definition) is 6. The fraction of sp³-hybridized carbons (Fsp3) is 0.238. The molecule has 1 saturated heterocycles. The van der Waals surface area contributed by atoms with Crippen LogP contribution in [0, 0.1) is 0 Å². The molecule has 0 radical (unpaired) electrons. The number of hydrogen-bond donors (Lipinski definition) is 3. The van der Waals surface area contributed by atoms with Crippen LogP contribution in [0.3, 0.4) is 0 Å². The van der Waals surface area contributed by atoms with E-state index in [1.54, 1.807) is 23.1 Å². The van der Waals surface area contributed by atoms with Gasteiger partial charge in [0.2, 0.25) is 5.95 Å². The van der Waals surface area contributed by atoms with Crippen LogP contribution in [0.4, 0.5) is 11.8 Å². The van der Waals surface area contributed by atoms with Crippen molar-refractivity contribution in [2.75, 3.05) is 23.7 Å². The third kappa shape index (κ3) is 3.34. The van der Waals surface area contributed by atoms with Crippen LogP contribution in [0.25, 0.3) is 22.2 Å². The number of carbonyl (C=O) groups excluding carboxylic acids is 1. The van der Waals surface area contributed by atoms with E-state index in [1.165, 1.54) is 0 Å². The second-order valence-corrected chi connectivity index (χ2v) is 7.54. The average molecular weight is 402 g/mol. The van der Waals surface area contributed by atoms with E-state index in [9.17, 15) is 4.79 Å². The Bertz CT molecular complexity index is 1190. The van der Waals surface area contributed by atoms with Crippen LogP contribution in [0.2, 0.25) is 0 Å². The van der Waals surface area contributed by atoms with Crippen LogP contribution < -0.4 is 16.0 Å². The second-order valence-electron chi connectivity index (χ2n) is 7.54. The lowest BCUT2D eigenvalue weighted by molar-refractivity contribution is 0.0941. The lowest BCUT2D eigenvalue weighted by atomic mass is 10.1. The van der Waals surface area contributed by atoms with Crippen LogP contribution in [0.5, 0.6) is 0 Å². The Kier molecular flexibility index (Phi) is 4.35. The minimum Gasteiger partial charge on any atom is -0.383 e. The van der Waals surface area contributed by atoms with Crippen molar-refractivity contribution in [1.82, 2.24) is 30.0 Å². The van der Waals surface area contributed by atoms with Gasteiger partial charge in [-0.25, -0.2) is 9.97 Å². The van der Waals surface area contributed by atoms with E-state index < -0.39 is 0 Å². The van der Waals surface area contributed by atoms with E-state index in [4.69, 9.17) is 5.73 Å². The molecule has 3 aromatic heterocycles. The number of para-hydroxylation sites is 2. The quantitative estimate of drug-likeness (QED) is 0.480. The Morgan fingerprint density at radius 1 is 1.27 bits per heavy atom. The number of fused-ring (bicyclic) bond motifs is 1. The first-order chi connectivity index (χ1) is 14.6. The average Bonchev–Trinajstić information content (AvgIpc) is 3.47. The van der Waals surface area contributed by atoms with Crippen LogP contribution in [0.1, 0.15) is 16.8 Å². The van der Waals surface area contributed by atoms with Crippen molar-refractivity contribution in [3.05, 3.63) is 54.5 Å². The summed E-state index contributed by atoms with van der Waals surface area (Å²) in [5, 5.41) is 7.26. The predicted molar refractivity (Wildman–Crippen MR) is 115 cm³/mol. The van der Waals surface area contributed by atoms with E-state index in [2.05, 4.69) is 30.3 Å². The van der Waals surface area contributed by atoms with E-state index in [1.807, 2.05) is 37.5 Å². The molecule has 0 spiro atoms. The number of nitrogens with zero attached hydrogens (tertiary/aromatic N) is 5. The first kappa shape index (κ1) is 18.2. The van der Waals surface area contributed by atoms with Gasteiger partial charge < -0.3 is 20.9 Å². The number of imidazole rings is 1. The van der Waals surface area contributed by atoms with Gasteiger partial charge in [-0.2, -0.15) is 5.10 Å². The van der Waals surface area contributed by atoms with Crippen molar-refractivity contribution in [2.24, 2.45) is 7.05 Å². The Balaban J connectivity index is 1.30. The molecular formula is C21H22N8O. The van der Waals surface area contributed by atoms with Gasteiger partial charge in [-0.15, -0.1) is 0 Å². The van der Waals surface area contributed by atoms with Gasteiger partial charge in [0.05, 0.1) is 22.8 Å². The SMILES string of the molecule is Cn1cc(-c2cnc(N)c(C(=O)NC3CCN(c4nc5ccccc5[nH]4)C3)c2)cn1. The minimum atomic E-state index is -0.220. The summed E-state index contributed by atoms with van der Waals surface area (Å²) in [5.74, 6) is 0.821. The summed E-state index contributed by atoms with van der Waals surface area (Å²) < 4.78 is 1.70. The number of nitrogens with one attached hydrogen (secondary N) is 2. The molecule has 30 heavy (non-hydrogen) atoms. The number of nitrogen functional groups attached to an aromatic ring is 1. The third-order valence-electron chi connectivity index (χ3n) is 5.40. The smallest absolute Gasteiger partial charge is 0.255 e. The van der Waals surface area contributed by atoms with Crippen molar-refractivity contribution in [1.29, 1.82) is 0 Å². The van der Waals surface area contributed by atoms with Crippen molar-refractivity contribution in [3.63, 3.8) is 0 Å². The number of rotatable bonds is 4. The molecule has 1 unspecified atom stereocenters. The van der Waals surface area contributed by atoms with E-state index in [0.717, 1.165) is 41.1 Å². The van der Waals surface area contributed by atoms with Gasteiger partial charge in [0.15, 0.2) is 0 Å². The van der Waals surface area contributed by atoms with Gasteiger partial charge >= 0.3 is 0 Å². The van der Waals surface area contributed by atoms with Crippen LogP contribution in [-0.4, -0.2) is 49.8 Å². The number of aromatic amines is 1. The summed E-state index contributed by atoms with van der Waals surface area (Å²) in [6.07, 6.45) is 6.09. The minimum absolute atomic E-state index is 0.00663. The molecule has 1 atom stereocenters. The highest BCUT2D eigenvalue weighted by molar-refractivity contribution is 5.99. The number of aryl methyl sites for hydroxylation is 1. The first-order valence-corrected chi connectivity index (χ1v) is 9.82. The summed E-state index contributed by atoms with van der Waals surface area (Å²) in [7, 11) is 1.84. The molecule has 1 amide bonds. The Labute approximate surface area is 172 Å². The lowest BCUT2D eigenvalue weighted by Gasteiger charge is -2.16. The number of aromatic nitrogens is 5. The standard InChI is InChI=1S/C21H22N8O/c1-28-11-14(10-24-28)13-8-16(19(22)23-9-13)20(30)25-15-6-7-29(12-15)21-26-17-4-2-3-5-18(17)27-21/h2-5,8-11,15H,6-7,12H2,1H3,(H2,22,23)(H,25,30)(H,26,27). The molecule has 152 valence electrons. The molecule has 1 aromatic carbocycles. The van der Waals surface area contributed by atoms with E-state index >= 15 is 0 Å². The molecule has 0 bridgehead atoms. The zero-order valence-electron chi connectivity index (χ0n) is 16.5. The number of pyridine rings is 1. The largest absolute Gasteiger partial charge is 0.383 e. The van der Waals surface area contributed by atoms with Gasteiger partial charge in [-0.3, -0.25) is 9.48 Å². The Hall–Kier alpha value is -3.88. The Morgan fingerprint density at radius 2 is 2.13 bits per heavy atom. The normalized spacial score (nSPS) is 16.3. The van der Waals surface area contributed by atoms with Gasteiger partial charge in [0.1, 0.15) is 5.82 Å².